The van der Waals surface area contributed by atoms with Crippen molar-refractivity contribution in [1.82, 2.24) is 29.2 Å². The quantitative estimate of drug-likeness (QED) is 0.551. The highest BCUT2D eigenvalue weighted by Crippen LogP contribution is 2.37. The van der Waals surface area contributed by atoms with Crippen LogP contribution in [0.5, 0.6) is 11.5 Å². The van der Waals surface area contributed by atoms with Crippen molar-refractivity contribution in [2.75, 3.05) is 19.7 Å². The number of imidazole rings is 1. The second kappa shape index (κ2) is 9.83. The maximum absolute atomic E-state index is 11.3. The molecule has 1 aromatic carbocycles. The van der Waals surface area contributed by atoms with Gasteiger partial charge in [0.25, 0.3) is 0 Å². The molecule has 0 aliphatic carbocycles. The monoisotopic (exact) mass is 494 g/mol. The molecule has 0 radical (unpaired) electrons. The van der Waals surface area contributed by atoms with Gasteiger partial charge in [-0.3, -0.25) is 0 Å². The third-order valence-electron chi connectivity index (χ3n) is 7.04. The Kier molecular flexibility index (Phi) is 6.59. The van der Waals surface area contributed by atoms with Crippen LogP contribution in [0.25, 0.3) is 22.9 Å². The third kappa shape index (κ3) is 4.76. The molecule has 0 spiro atoms. The standard InChI is InChI=1S/C26H34N6O4/c1-16(2)32-25(27-18(4)29-32)22-15-31-12-13-35-23-14-20(7-8-21(23)24(31)28-22)36-17(3)19-6-5-10-30(11-9-19)26(33)34/h7-8,14-17,19H,5-6,9-13H2,1-4H3,(H,33,34). The summed E-state index contributed by atoms with van der Waals surface area (Å²) < 4.78 is 16.4. The van der Waals surface area contributed by atoms with Gasteiger partial charge in [0.05, 0.1) is 18.2 Å². The second-order valence-electron chi connectivity index (χ2n) is 9.95. The Labute approximate surface area is 210 Å². The van der Waals surface area contributed by atoms with E-state index in [-0.39, 0.29) is 12.1 Å². The number of hydrogen-bond donors (Lipinski definition) is 1. The first-order chi connectivity index (χ1) is 17.3. The Morgan fingerprint density at radius 2 is 1.97 bits per heavy atom. The third-order valence-corrected chi connectivity index (χ3v) is 7.04. The summed E-state index contributed by atoms with van der Waals surface area (Å²) in [4.78, 5) is 22.4. The number of likely N-dealkylation sites (tertiary alicyclic amines) is 1. The first-order valence-corrected chi connectivity index (χ1v) is 12.7. The molecule has 192 valence electrons. The fraction of sp³-hybridized carbons (Fsp3) is 0.538. The van der Waals surface area contributed by atoms with Gasteiger partial charge in [-0.1, -0.05) is 0 Å². The first-order valence-electron chi connectivity index (χ1n) is 12.7. The highest BCUT2D eigenvalue weighted by atomic mass is 16.5. The number of ether oxygens (including phenoxy) is 2. The number of amides is 1. The van der Waals surface area contributed by atoms with Crippen LogP contribution in [0.15, 0.2) is 24.4 Å². The van der Waals surface area contributed by atoms with Gasteiger partial charge >= 0.3 is 6.09 Å². The minimum Gasteiger partial charge on any atom is -0.491 e. The van der Waals surface area contributed by atoms with E-state index in [9.17, 15) is 9.90 Å². The number of hydrogen-bond acceptors (Lipinski definition) is 6. The summed E-state index contributed by atoms with van der Waals surface area (Å²) in [6.45, 7) is 10.5. The highest BCUT2D eigenvalue weighted by molar-refractivity contribution is 5.69. The van der Waals surface area contributed by atoms with Crippen molar-refractivity contribution in [3.63, 3.8) is 0 Å². The molecule has 10 nitrogen and oxygen atoms in total. The fourth-order valence-electron chi connectivity index (χ4n) is 5.10. The molecule has 2 aromatic heterocycles. The van der Waals surface area contributed by atoms with Gasteiger partial charge in [-0.25, -0.2) is 19.4 Å². The van der Waals surface area contributed by atoms with Crippen molar-refractivity contribution < 1.29 is 19.4 Å². The van der Waals surface area contributed by atoms with Crippen molar-refractivity contribution in [3.05, 3.63) is 30.2 Å². The number of carbonyl (C=O) groups is 1. The number of aromatic nitrogens is 5. The smallest absolute Gasteiger partial charge is 0.407 e. The van der Waals surface area contributed by atoms with E-state index >= 15 is 0 Å². The van der Waals surface area contributed by atoms with Crippen LogP contribution in [0.2, 0.25) is 0 Å². The van der Waals surface area contributed by atoms with E-state index in [2.05, 4.69) is 35.4 Å². The lowest BCUT2D eigenvalue weighted by molar-refractivity contribution is 0.131. The normalized spacial score (nSPS) is 18.6. The summed E-state index contributed by atoms with van der Waals surface area (Å²) in [5.74, 6) is 4.13. The maximum Gasteiger partial charge on any atom is 0.407 e. The predicted molar refractivity (Wildman–Crippen MR) is 134 cm³/mol. The summed E-state index contributed by atoms with van der Waals surface area (Å²) in [6.07, 6.45) is 3.76. The topological polar surface area (TPSA) is 108 Å². The predicted octanol–water partition coefficient (Wildman–Crippen LogP) is 4.64. The van der Waals surface area contributed by atoms with Crippen LogP contribution in [0, 0.1) is 12.8 Å². The van der Waals surface area contributed by atoms with Crippen LogP contribution >= 0.6 is 0 Å². The molecule has 1 saturated heterocycles. The SMILES string of the molecule is Cc1nc(-c2cn3c(n2)-c2ccc(OC(C)C4CCCN(C(=O)O)CC4)cc2OCC3)n(C(C)C)n1. The molecule has 2 atom stereocenters. The van der Waals surface area contributed by atoms with E-state index < -0.39 is 6.09 Å². The van der Waals surface area contributed by atoms with Crippen molar-refractivity contribution in [1.29, 1.82) is 0 Å². The van der Waals surface area contributed by atoms with E-state index in [4.69, 9.17) is 14.5 Å². The van der Waals surface area contributed by atoms with Crippen LogP contribution in [-0.2, 0) is 6.54 Å². The average Bonchev–Trinajstić information content (AvgIpc) is 3.27. The molecular formula is C26H34N6O4. The van der Waals surface area contributed by atoms with Gasteiger partial charge in [0.1, 0.15) is 35.4 Å². The fourth-order valence-corrected chi connectivity index (χ4v) is 5.10. The van der Waals surface area contributed by atoms with Crippen LogP contribution in [-0.4, -0.2) is 66.2 Å². The second-order valence-corrected chi connectivity index (χ2v) is 9.95. The van der Waals surface area contributed by atoms with Crippen LogP contribution in [0.1, 0.15) is 51.9 Å². The summed E-state index contributed by atoms with van der Waals surface area (Å²) in [5, 5.41) is 13.8. The number of aryl methyl sites for hydroxylation is 1. The number of nitrogens with zero attached hydrogens (tertiary/aromatic N) is 6. The number of fused-ring (bicyclic) bond motifs is 3. The molecule has 2 aliphatic heterocycles. The molecule has 36 heavy (non-hydrogen) atoms. The van der Waals surface area contributed by atoms with Gasteiger partial charge in [0.2, 0.25) is 0 Å². The van der Waals surface area contributed by atoms with E-state index in [1.54, 1.807) is 0 Å². The molecule has 5 rings (SSSR count). The van der Waals surface area contributed by atoms with Crippen LogP contribution < -0.4 is 9.47 Å². The highest BCUT2D eigenvalue weighted by Gasteiger charge is 2.26. The molecule has 2 unspecified atom stereocenters. The number of rotatable bonds is 5. The lowest BCUT2D eigenvalue weighted by Gasteiger charge is -2.24. The van der Waals surface area contributed by atoms with Gasteiger partial charge in [0, 0.05) is 31.4 Å². The average molecular weight is 495 g/mol. The maximum atomic E-state index is 11.3. The molecule has 4 heterocycles. The first kappa shape index (κ1) is 24.1. The van der Waals surface area contributed by atoms with E-state index in [1.807, 2.05) is 36.0 Å². The zero-order chi connectivity index (χ0) is 25.4. The zero-order valence-electron chi connectivity index (χ0n) is 21.3. The number of carboxylic acid groups (broad SMARTS) is 1. The summed E-state index contributed by atoms with van der Waals surface area (Å²) in [5.41, 5.74) is 1.71. The van der Waals surface area contributed by atoms with Gasteiger partial charge < -0.3 is 24.0 Å². The molecule has 0 bridgehead atoms. The largest absolute Gasteiger partial charge is 0.491 e. The Hall–Kier alpha value is -3.56. The molecule has 2 aliphatic rings. The lowest BCUT2D eigenvalue weighted by atomic mass is 9.95. The minimum absolute atomic E-state index is 0.0261. The summed E-state index contributed by atoms with van der Waals surface area (Å²) >= 11 is 0. The molecule has 3 aromatic rings. The van der Waals surface area contributed by atoms with Gasteiger partial charge in [-0.05, 0) is 65.0 Å². The lowest BCUT2D eigenvalue weighted by Crippen LogP contribution is -2.31. The van der Waals surface area contributed by atoms with Crippen molar-refractivity contribution in [2.24, 2.45) is 5.92 Å². The Morgan fingerprint density at radius 3 is 2.75 bits per heavy atom. The minimum atomic E-state index is -0.840. The molecule has 1 N–H and O–H groups in total. The zero-order valence-corrected chi connectivity index (χ0v) is 21.3. The molecule has 1 fully saturated rings. The molecular weight excluding hydrogens is 460 g/mol. The van der Waals surface area contributed by atoms with Crippen LogP contribution in [0.4, 0.5) is 4.79 Å². The molecule has 0 saturated carbocycles. The van der Waals surface area contributed by atoms with Gasteiger partial charge in [-0.15, -0.1) is 0 Å². The van der Waals surface area contributed by atoms with Crippen molar-refractivity contribution in [2.45, 2.75) is 65.6 Å². The van der Waals surface area contributed by atoms with Gasteiger partial charge in [-0.2, -0.15) is 5.10 Å². The van der Waals surface area contributed by atoms with E-state index in [1.165, 1.54) is 4.90 Å². The Morgan fingerprint density at radius 1 is 1.14 bits per heavy atom. The molecule has 1 amide bonds. The van der Waals surface area contributed by atoms with Crippen molar-refractivity contribution in [3.8, 4) is 34.4 Å². The molecule has 10 heteroatoms. The summed E-state index contributed by atoms with van der Waals surface area (Å²) in [6, 6.07) is 6.09. The Balaban J connectivity index is 1.36. The summed E-state index contributed by atoms with van der Waals surface area (Å²) in [7, 11) is 0. The van der Waals surface area contributed by atoms with Gasteiger partial charge in [0.15, 0.2) is 5.82 Å². The van der Waals surface area contributed by atoms with Crippen molar-refractivity contribution >= 4 is 6.09 Å². The number of benzene rings is 1. The van der Waals surface area contributed by atoms with Crippen LogP contribution in [0.3, 0.4) is 0 Å². The van der Waals surface area contributed by atoms with E-state index in [0.29, 0.717) is 32.2 Å². The Bertz CT molecular complexity index is 1250. The van der Waals surface area contributed by atoms with E-state index in [0.717, 1.165) is 59.5 Å².